The zero-order valence-corrected chi connectivity index (χ0v) is 14.2. The van der Waals surface area contributed by atoms with E-state index in [-0.39, 0.29) is 17.8 Å². The van der Waals surface area contributed by atoms with Crippen LogP contribution in [0.3, 0.4) is 0 Å². The number of hydrogen-bond acceptors (Lipinski definition) is 4. The van der Waals surface area contributed by atoms with Crippen molar-refractivity contribution in [3.63, 3.8) is 0 Å². The van der Waals surface area contributed by atoms with Crippen molar-refractivity contribution in [1.29, 1.82) is 0 Å². The van der Waals surface area contributed by atoms with Gasteiger partial charge in [-0.05, 0) is 49.6 Å². The molecule has 2 aromatic rings. The van der Waals surface area contributed by atoms with Crippen molar-refractivity contribution in [2.75, 3.05) is 17.2 Å². The van der Waals surface area contributed by atoms with E-state index in [1.54, 1.807) is 6.92 Å². The number of hydrogen-bond donors (Lipinski definition) is 2. The summed E-state index contributed by atoms with van der Waals surface area (Å²) in [4.78, 5) is 24.1. The number of ether oxygens (including phenoxy) is 1. The van der Waals surface area contributed by atoms with Gasteiger partial charge in [-0.2, -0.15) is 0 Å². The molecule has 1 aliphatic rings. The predicted octanol–water partition coefficient (Wildman–Crippen LogP) is 3.75. The van der Waals surface area contributed by atoms with E-state index in [2.05, 4.69) is 10.6 Å². The maximum atomic E-state index is 12.3. The largest absolute Gasteiger partial charge is 0.464 e. The number of amides is 1. The standard InChI is InChI=1S/C20H22N2O3/c1-2-25-20(24)18(14-6-4-3-5-7-14)21-16-10-12-17(13-11-16)22-19(23)15-8-9-15/h3-7,10-13,15,18,21H,2,8-9H2,1H3,(H,22,23)/t18-/m0/s1. The third kappa shape index (κ3) is 4.59. The minimum absolute atomic E-state index is 0.0781. The van der Waals surface area contributed by atoms with Gasteiger partial charge < -0.3 is 15.4 Å². The number of esters is 1. The van der Waals surface area contributed by atoms with Gasteiger partial charge >= 0.3 is 5.97 Å². The second-order valence-corrected chi connectivity index (χ2v) is 6.08. The molecule has 1 aliphatic carbocycles. The summed E-state index contributed by atoms with van der Waals surface area (Å²) in [5.74, 6) is -0.0710. The van der Waals surface area contributed by atoms with Gasteiger partial charge in [0.25, 0.3) is 0 Å². The van der Waals surface area contributed by atoms with E-state index < -0.39 is 6.04 Å². The number of carbonyl (C=O) groups is 2. The molecule has 0 unspecified atom stereocenters. The van der Waals surface area contributed by atoms with Crippen LogP contribution in [0.2, 0.25) is 0 Å². The lowest BCUT2D eigenvalue weighted by molar-refractivity contribution is -0.144. The Morgan fingerprint density at radius 3 is 2.28 bits per heavy atom. The number of carbonyl (C=O) groups excluding carboxylic acids is 2. The molecule has 5 heteroatoms. The maximum absolute atomic E-state index is 12.3. The van der Waals surface area contributed by atoms with Crippen molar-refractivity contribution >= 4 is 23.3 Å². The minimum Gasteiger partial charge on any atom is -0.464 e. The highest BCUT2D eigenvalue weighted by Crippen LogP contribution is 2.30. The fourth-order valence-corrected chi connectivity index (χ4v) is 2.56. The van der Waals surface area contributed by atoms with Crippen LogP contribution in [0.1, 0.15) is 31.4 Å². The average molecular weight is 338 g/mol. The van der Waals surface area contributed by atoms with Crippen LogP contribution < -0.4 is 10.6 Å². The SMILES string of the molecule is CCOC(=O)[C@@H](Nc1ccc(NC(=O)C2CC2)cc1)c1ccccc1. The van der Waals surface area contributed by atoms with Crippen LogP contribution in [0.5, 0.6) is 0 Å². The molecule has 3 rings (SSSR count). The van der Waals surface area contributed by atoms with Crippen LogP contribution >= 0.6 is 0 Å². The monoisotopic (exact) mass is 338 g/mol. The van der Waals surface area contributed by atoms with Crippen LogP contribution in [0.25, 0.3) is 0 Å². The normalized spacial score (nSPS) is 14.4. The average Bonchev–Trinajstić information content (AvgIpc) is 3.47. The molecule has 0 radical (unpaired) electrons. The first-order valence-corrected chi connectivity index (χ1v) is 8.56. The highest BCUT2D eigenvalue weighted by atomic mass is 16.5. The smallest absolute Gasteiger partial charge is 0.333 e. The molecule has 1 amide bonds. The van der Waals surface area contributed by atoms with E-state index in [1.807, 2.05) is 54.6 Å². The van der Waals surface area contributed by atoms with E-state index in [4.69, 9.17) is 4.74 Å². The number of nitrogens with one attached hydrogen (secondary N) is 2. The second kappa shape index (κ2) is 7.83. The number of anilines is 2. The molecule has 0 saturated heterocycles. The van der Waals surface area contributed by atoms with Gasteiger partial charge in [-0.25, -0.2) is 4.79 Å². The van der Waals surface area contributed by atoms with Gasteiger partial charge in [0.05, 0.1) is 6.61 Å². The lowest BCUT2D eigenvalue weighted by Crippen LogP contribution is -2.23. The van der Waals surface area contributed by atoms with E-state index in [0.29, 0.717) is 6.61 Å². The molecule has 0 spiro atoms. The minimum atomic E-state index is -0.576. The third-order valence-corrected chi connectivity index (χ3v) is 4.07. The second-order valence-electron chi connectivity index (χ2n) is 6.08. The molecular weight excluding hydrogens is 316 g/mol. The quantitative estimate of drug-likeness (QED) is 0.755. The van der Waals surface area contributed by atoms with Crippen molar-refractivity contribution in [3.8, 4) is 0 Å². The van der Waals surface area contributed by atoms with Crippen LogP contribution in [-0.4, -0.2) is 18.5 Å². The summed E-state index contributed by atoms with van der Waals surface area (Å²) in [6, 6.07) is 16.2. The molecule has 25 heavy (non-hydrogen) atoms. The summed E-state index contributed by atoms with van der Waals surface area (Å²) < 4.78 is 5.18. The van der Waals surface area contributed by atoms with E-state index in [9.17, 15) is 9.59 Å². The highest BCUT2D eigenvalue weighted by Gasteiger charge is 2.29. The summed E-state index contributed by atoms with van der Waals surface area (Å²) in [5, 5.41) is 6.11. The summed E-state index contributed by atoms with van der Waals surface area (Å²) in [6.45, 7) is 2.12. The molecule has 0 heterocycles. The van der Waals surface area contributed by atoms with Crippen molar-refractivity contribution in [2.24, 2.45) is 5.92 Å². The Morgan fingerprint density at radius 1 is 1.04 bits per heavy atom. The Balaban J connectivity index is 1.70. The summed E-state index contributed by atoms with van der Waals surface area (Å²) in [7, 11) is 0. The Bertz CT molecular complexity index is 724. The maximum Gasteiger partial charge on any atom is 0.333 e. The number of rotatable bonds is 7. The van der Waals surface area contributed by atoms with Gasteiger partial charge in [-0.15, -0.1) is 0 Å². The van der Waals surface area contributed by atoms with E-state index in [1.165, 1.54) is 0 Å². The fourth-order valence-electron chi connectivity index (χ4n) is 2.56. The predicted molar refractivity (Wildman–Crippen MR) is 97.2 cm³/mol. The van der Waals surface area contributed by atoms with Crippen LogP contribution in [-0.2, 0) is 14.3 Å². The molecule has 2 aromatic carbocycles. The molecule has 0 aromatic heterocycles. The van der Waals surface area contributed by atoms with Gasteiger partial charge in [0, 0.05) is 17.3 Å². The fraction of sp³-hybridized carbons (Fsp3) is 0.300. The summed E-state index contributed by atoms with van der Waals surface area (Å²) >= 11 is 0. The van der Waals surface area contributed by atoms with Crippen molar-refractivity contribution in [1.82, 2.24) is 0 Å². The van der Waals surface area contributed by atoms with Crippen LogP contribution in [0.4, 0.5) is 11.4 Å². The van der Waals surface area contributed by atoms with Crippen LogP contribution in [0, 0.1) is 5.92 Å². The molecule has 130 valence electrons. The molecule has 1 saturated carbocycles. The van der Waals surface area contributed by atoms with Gasteiger partial charge in [0.1, 0.15) is 0 Å². The molecule has 0 aliphatic heterocycles. The van der Waals surface area contributed by atoms with Crippen molar-refractivity contribution in [2.45, 2.75) is 25.8 Å². The first-order valence-electron chi connectivity index (χ1n) is 8.56. The van der Waals surface area contributed by atoms with E-state index in [0.717, 1.165) is 29.8 Å². The lowest BCUT2D eigenvalue weighted by Gasteiger charge is -2.19. The highest BCUT2D eigenvalue weighted by molar-refractivity contribution is 5.94. The van der Waals surface area contributed by atoms with E-state index >= 15 is 0 Å². The first-order chi connectivity index (χ1) is 12.2. The van der Waals surface area contributed by atoms with Crippen molar-refractivity contribution in [3.05, 3.63) is 60.2 Å². The number of benzene rings is 2. The zero-order chi connectivity index (χ0) is 17.6. The molecule has 2 N–H and O–H groups in total. The Labute approximate surface area is 147 Å². The van der Waals surface area contributed by atoms with Gasteiger partial charge in [-0.3, -0.25) is 4.79 Å². The van der Waals surface area contributed by atoms with Gasteiger partial charge in [0.15, 0.2) is 6.04 Å². The third-order valence-electron chi connectivity index (χ3n) is 4.07. The topological polar surface area (TPSA) is 67.4 Å². The molecule has 1 atom stereocenters. The molecule has 0 bridgehead atoms. The zero-order valence-electron chi connectivity index (χ0n) is 14.2. The summed E-state index contributed by atoms with van der Waals surface area (Å²) in [5.41, 5.74) is 2.38. The first kappa shape index (κ1) is 17.0. The Morgan fingerprint density at radius 2 is 1.68 bits per heavy atom. The molecular formula is C20H22N2O3. The Hall–Kier alpha value is -2.82. The molecule has 1 fully saturated rings. The van der Waals surface area contributed by atoms with Gasteiger partial charge in [0.2, 0.25) is 5.91 Å². The van der Waals surface area contributed by atoms with Gasteiger partial charge in [-0.1, -0.05) is 30.3 Å². The van der Waals surface area contributed by atoms with Crippen molar-refractivity contribution < 1.29 is 14.3 Å². The van der Waals surface area contributed by atoms with Crippen LogP contribution in [0.15, 0.2) is 54.6 Å². The summed E-state index contributed by atoms with van der Waals surface area (Å²) in [6.07, 6.45) is 1.95. The lowest BCUT2D eigenvalue weighted by atomic mass is 10.1. The molecule has 5 nitrogen and oxygen atoms in total. The Kier molecular flexibility index (Phi) is 5.33.